The van der Waals surface area contributed by atoms with Gasteiger partial charge in [-0.25, -0.2) is 4.98 Å². The van der Waals surface area contributed by atoms with Crippen LogP contribution in [0.15, 0.2) is 46.9 Å². The van der Waals surface area contributed by atoms with Crippen LogP contribution in [0.25, 0.3) is 11.1 Å². The second kappa shape index (κ2) is 5.83. The first-order chi connectivity index (χ1) is 11.6. The number of amides is 1. The van der Waals surface area contributed by atoms with Gasteiger partial charge in [-0.1, -0.05) is 11.6 Å². The SMILES string of the molecule is COc1ccc(N2CC(c3nc4cc(Cl)ccc4o3)CC2=O)cc1. The number of rotatable bonds is 3. The fourth-order valence-electron chi connectivity index (χ4n) is 2.98. The summed E-state index contributed by atoms with van der Waals surface area (Å²) >= 11 is 5.98. The second-order valence-electron chi connectivity index (χ2n) is 5.77. The molecule has 4 rings (SSSR count). The molecule has 5 nitrogen and oxygen atoms in total. The summed E-state index contributed by atoms with van der Waals surface area (Å²) in [6.07, 6.45) is 0.382. The third kappa shape index (κ3) is 2.61. The molecular formula is C18H15ClN2O3. The molecular weight excluding hydrogens is 328 g/mol. The van der Waals surface area contributed by atoms with Gasteiger partial charge in [0.25, 0.3) is 0 Å². The van der Waals surface area contributed by atoms with Crippen molar-refractivity contribution in [3.8, 4) is 5.75 Å². The lowest BCUT2D eigenvalue weighted by atomic mass is 10.1. The van der Waals surface area contributed by atoms with E-state index in [1.165, 1.54) is 0 Å². The van der Waals surface area contributed by atoms with Crippen molar-refractivity contribution in [3.05, 3.63) is 53.4 Å². The van der Waals surface area contributed by atoms with E-state index in [-0.39, 0.29) is 11.8 Å². The standard InChI is InChI=1S/C18H15ClN2O3/c1-23-14-5-3-13(4-6-14)21-10-11(8-17(21)22)18-20-15-9-12(19)2-7-16(15)24-18/h2-7,9,11H,8,10H2,1H3. The number of fused-ring (bicyclic) bond motifs is 1. The predicted octanol–water partition coefficient (Wildman–Crippen LogP) is 4.01. The summed E-state index contributed by atoms with van der Waals surface area (Å²) in [6.45, 7) is 0.547. The number of ether oxygens (including phenoxy) is 1. The quantitative estimate of drug-likeness (QED) is 0.721. The molecule has 2 heterocycles. The minimum absolute atomic E-state index is 0.0606. The van der Waals surface area contributed by atoms with E-state index in [1.807, 2.05) is 24.3 Å². The summed E-state index contributed by atoms with van der Waals surface area (Å²) in [7, 11) is 1.62. The van der Waals surface area contributed by atoms with E-state index >= 15 is 0 Å². The fourth-order valence-corrected chi connectivity index (χ4v) is 3.14. The van der Waals surface area contributed by atoms with Crippen molar-refractivity contribution in [2.45, 2.75) is 12.3 Å². The number of hydrogen-bond acceptors (Lipinski definition) is 4. The van der Waals surface area contributed by atoms with Crippen LogP contribution in [-0.2, 0) is 4.79 Å². The molecule has 1 amide bonds. The Labute approximate surface area is 143 Å². The number of aromatic nitrogens is 1. The topological polar surface area (TPSA) is 55.6 Å². The van der Waals surface area contributed by atoms with Crippen molar-refractivity contribution in [2.75, 3.05) is 18.6 Å². The van der Waals surface area contributed by atoms with E-state index in [0.29, 0.717) is 35.0 Å². The van der Waals surface area contributed by atoms with Crippen LogP contribution in [0.5, 0.6) is 5.75 Å². The molecule has 1 fully saturated rings. The Morgan fingerprint density at radius 3 is 2.79 bits per heavy atom. The second-order valence-corrected chi connectivity index (χ2v) is 6.20. The van der Waals surface area contributed by atoms with Crippen LogP contribution in [0.1, 0.15) is 18.2 Å². The molecule has 122 valence electrons. The Bertz CT molecular complexity index is 904. The fraction of sp³-hybridized carbons (Fsp3) is 0.222. The van der Waals surface area contributed by atoms with Crippen molar-refractivity contribution in [2.24, 2.45) is 0 Å². The first kappa shape index (κ1) is 15.0. The number of halogens is 1. The van der Waals surface area contributed by atoms with Gasteiger partial charge in [0.15, 0.2) is 5.58 Å². The van der Waals surface area contributed by atoms with Gasteiger partial charge in [-0.05, 0) is 42.5 Å². The highest BCUT2D eigenvalue weighted by Crippen LogP contribution is 2.33. The van der Waals surface area contributed by atoms with Gasteiger partial charge in [0.2, 0.25) is 11.8 Å². The average molecular weight is 343 g/mol. The molecule has 3 aromatic rings. The maximum absolute atomic E-state index is 12.4. The highest BCUT2D eigenvalue weighted by molar-refractivity contribution is 6.31. The summed E-state index contributed by atoms with van der Waals surface area (Å²) in [6, 6.07) is 12.8. The number of carbonyl (C=O) groups is 1. The number of nitrogens with zero attached hydrogens (tertiary/aromatic N) is 2. The molecule has 1 atom stereocenters. The normalized spacial score (nSPS) is 17.7. The molecule has 0 N–H and O–H groups in total. The third-order valence-electron chi connectivity index (χ3n) is 4.22. The van der Waals surface area contributed by atoms with Crippen LogP contribution in [0, 0.1) is 0 Å². The average Bonchev–Trinajstić information content (AvgIpc) is 3.18. The molecule has 0 saturated carbocycles. The number of carbonyl (C=O) groups excluding carboxylic acids is 1. The zero-order valence-corrected chi connectivity index (χ0v) is 13.8. The predicted molar refractivity (Wildman–Crippen MR) is 91.7 cm³/mol. The van der Waals surface area contributed by atoms with Gasteiger partial charge in [0.05, 0.1) is 13.0 Å². The zero-order chi connectivity index (χ0) is 16.7. The molecule has 6 heteroatoms. The van der Waals surface area contributed by atoms with Crippen LogP contribution in [-0.4, -0.2) is 24.5 Å². The molecule has 1 aliphatic rings. The zero-order valence-electron chi connectivity index (χ0n) is 13.0. The summed E-state index contributed by atoms with van der Waals surface area (Å²) in [5.74, 6) is 1.34. The lowest BCUT2D eigenvalue weighted by Gasteiger charge is -2.16. The van der Waals surface area contributed by atoms with E-state index in [0.717, 1.165) is 11.4 Å². The molecule has 0 spiro atoms. The molecule has 0 radical (unpaired) electrons. The van der Waals surface area contributed by atoms with Crippen LogP contribution in [0.3, 0.4) is 0 Å². The molecule has 1 aliphatic heterocycles. The van der Waals surface area contributed by atoms with E-state index in [9.17, 15) is 4.79 Å². The van der Waals surface area contributed by atoms with Crippen molar-refractivity contribution >= 4 is 34.3 Å². The van der Waals surface area contributed by atoms with Crippen molar-refractivity contribution < 1.29 is 13.9 Å². The van der Waals surface area contributed by atoms with Gasteiger partial charge in [-0.15, -0.1) is 0 Å². The van der Waals surface area contributed by atoms with Gasteiger partial charge in [-0.2, -0.15) is 0 Å². The van der Waals surface area contributed by atoms with Gasteiger partial charge in [-0.3, -0.25) is 4.79 Å². The lowest BCUT2D eigenvalue weighted by Crippen LogP contribution is -2.24. The molecule has 0 aliphatic carbocycles. The smallest absolute Gasteiger partial charge is 0.227 e. The summed E-state index contributed by atoms with van der Waals surface area (Å²) < 4.78 is 11.0. The minimum Gasteiger partial charge on any atom is -0.497 e. The molecule has 2 aromatic carbocycles. The number of methoxy groups -OCH3 is 1. The van der Waals surface area contributed by atoms with E-state index in [2.05, 4.69) is 4.98 Å². The molecule has 1 unspecified atom stereocenters. The Kier molecular flexibility index (Phi) is 3.65. The maximum atomic E-state index is 12.4. The van der Waals surface area contributed by atoms with E-state index in [1.54, 1.807) is 30.2 Å². The van der Waals surface area contributed by atoms with Crippen LogP contribution >= 0.6 is 11.6 Å². The molecule has 1 aromatic heterocycles. The first-order valence-corrected chi connectivity index (χ1v) is 8.02. The highest BCUT2D eigenvalue weighted by Gasteiger charge is 2.34. The number of anilines is 1. The first-order valence-electron chi connectivity index (χ1n) is 7.64. The van der Waals surface area contributed by atoms with Gasteiger partial charge < -0.3 is 14.1 Å². The summed E-state index contributed by atoms with van der Waals surface area (Å²) in [5, 5.41) is 0.615. The molecule has 24 heavy (non-hydrogen) atoms. The molecule has 0 bridgehead atoms. The largest absolute Gasteiger partial charge is 0.497 e. The maximum Gasteiger partial charge on any atom is 0.227 e. The monoisotopic (exact) mass is 342 g/mol. The Morgan fingerprint density at radius 1 is 1.25 bits per heavy atom. The van der Waals surface area contributed by atoms with Crippen molar-refractivity contribution in [1.82, 2.24) is 4.98 Å². The van der Waals surface area contributed by atoms with Crippen LogP contribution in [0.4, 0.5) is 5.69 Å². The van der Waals surface area contributed by atoms with Crippen LogP contribution < -0.4 is 9.64 Å². The number of hydrogen-bond donors (Lipinski definition) is 0. The molecule has 1 saturated heterocycles. The Morgan fingerprint density at radius 2 is 2.04 bits per heavy atom. The van der Waals surface area contributed by atoms with Gasteiger partial charge in [0.1, 0.15) is 11.3 Å². The van der Waals surface area contributed by atoms with Crippen molar-refractivity contribution in [3.63, 3.8) is 0 Å². The Balaban J connectivity index is 1.60. The van der Waals surface area contributed by atoms with E-state index < -0.39 is 0 Å². The number of benzene rings is 2. The number of oxazole rings is 1. The van der Waals surface area contributed by atoms with Crippen molar-refractivity contribution in [1.29, 1.82) is 0 Å². The highest BCUT2D eigenvalue weighted by atomic mass is 35.5. The third-order valence-corrected chi connectivity index (χ3v) is 4.46. The summed E-state index contributed by atoms with van der Waals surface area (Å²) in [4.78, 5) is 18.6. The summed E-state index contributed by atoms with van der Waals surface area (Å²) in [5.41, 5.74) is 2.25. The minimum atomic E-state index is -0.0641. The van der Waals surface area contributed by atoms with Gasteiger partial charge in [0, 0.05) is 23.7 Å². The van der Waals surface area contributed by atoms with Crippen LogP contribution in [0.2, 0.25) is 5.02 Å². The van der Waals surface area contributed by atoms with E-state index in [4.69, 9.17) is 20.8 Å². The Hall–Kier alpha value is -2.53. The lowest BCUT2D eigenvalue weighted by molar-refractivity contribution is -0.117. The van der Waals surface area contributed by atoms with Gasteiger partial charge >= 0.3 is 0 Å².